The number of nitrogens with one attached hydrogen (secondary N) is 2. The Morgan fingerprint density at radius 1 is 1.18 bits per heavy atom. The first kappa shape index (κ1) is 18.1. The fourth-order valence-electron chi connectivity index (χ4n) is 1.73. The molecule has 0 aliphatic heterocycles. The molecule has 0 saturated carbocycles. The van der Waals surface area contributed by atoms with Crippen LogP contribution in [0.4, 0.5) is 5.69 Å². The maximum atomic E-state index is 5.18. The summed E-state index contributed by atoms with van der Waals surface area (Å²) >= 11 is 5.18. The molecule has 1 rings (SSSR count). The van der Waals surface area contributed by atoms with E-state index < -0.39 is 0 Å². The number of allylic oxidation sites excluding steroid dienone is 4. The Morgan fingerprint density at radius 3 is 2.50 bits per heavy atom. The molecular weight excluding hydrogens is 290 g/mol. The highest BCUT2D eigenvalue weighted by molar-refractivity contribution is 7.80. The van der Waals surface area contributed by atoms with E-state index in [1.165, 1.54) is 16.7 Å². The zero-order valence-corrected chi connectivity index (χ0v) is 14.6. The van der Waals surface area contributed by atoms with Crippen molar-refractivity contribution in [3.63, 3.8) is 0 Å². The summed E-state index contributed by atoms with van der Waals surface area (Å²) in [5, 5.41) is 7.66. The van der Waals surface area contributed by atoms with Gasteiger partial charge in [-0.1, -0.05) is 34.9 Å². The largest absolute Gasteiger partial charge is 0.331 e. The van der Waals surface area contributed by atoms with E-state index in [1.807, 2.05) is 30.3 Å². The Balaban J connectivity index is 2.33. The van der Waals surface area contributed by atoms with Crippen LogP contribution in [-0.2, 0) is 0 Å². The van der Waals surface area contributed by atoms with Gasteiger partial charge in [0, 0.05) is 11.9 Å². The molecule has 0 aliphatic carbocycles. The zero-order chi connectivity index (χ0) is 16.4. The van der Waals surface area contributed by atoms with Crippen LogP contribution in [0.2, 0.25) is 0 Å². The second-order valence-electron chi connectivity index (χ2n) is 5.54. The van der Waals surface area contributed by atoms with Crippen molar-refractivity contribution in [2.45, 2.75) is 40.5 Å². The Bertz CT molecular complexity index is 564. The summed E-state index contributed by atoms with van der Waals surface area (Å²) in [7, 11) is 0. The van der Waals surface area contributed by atoms with Crippen molar-refractivity contribution in [2.24, 2.45) is 5.10 Å². The third kappa shape index (κ3) is 8.37. The minimum absolute atomic E-state index is 0.482. The van der Waals surface area contributed by atoms with Gasteiger partial charge in [0.1, 0.15) is 0 Å². The molecule has 1 aromatic carbocycles. The fourth-order valence-corrected chi connectivity index (χ4v) is 1.90. The molecule has 0 spiro atoms. The van der Waals surface area contributed by atoms with E-state index in [9.17, 15) is 0 Å². The van der Waals surface area contributed by atoms with E-state index in [2.05, 4.69) is 49.6 Å². The van der Waals surface area contributed by atoms with Crippen LogP contribution >= 0.6 is 12.2 Å². The Morgan fingerprint density at radius 2 is 1.86 bits per heavy atom. The van der Waals surface area contributed by atoms with Gasteiger partial charge in [-0.05, 0) is 71.0 Å². The number of hydrazone groups is 1. The molecule has 0 amide bonds. The lowest BCUT2D eigenvalue weighted by atomic mass is 10.1. The zero-order valence-electron chi connectivity index (χ0n) is 13.8. The molecule has 118 valence electrons. The highest BCUT2D eigenvalue weighted by Gasteiger charge is 1.94. The summed E-state index contributed by atoms with van der Waals surface area (Å²) < 4.78 is 0. The molecule has 0 aromatic heterocycles. The molecule has 0 aliphatic rings. The summed E-state index contributed by atoms with van der Waals surface area (Å²) in [6.45, 7) is 8.39. The third-order valence-corrected chi connectivity index (χ3v) is 3.19. The van der Waals surface area contributed by atoms with Crippen molar-refractivity contribution in [2.75, 3.05) is 5.32 Å². The normalized spacial score (nSPS) is 11.4. The Hall–Kier alpha value is -1.94. The highest BCUT2D eigenvalue weighted by Crippen LogP contribution is 2.08. The summed E-state index contributed by atoms with van der Waals surface area (Å²) in [4.78, 5) is 0. The molecule has 2 N–H and O–H groups in total. The molecule has 0 atom stereocenters. The molecule has 4 heteroatoms. The quantitative estimate of drug-likeness (QED) is 0.337. The highest BCUT2D eigenvalue weighted by atomic mass is 32.1. The average Bonchev–Trinajstić information content (AvgIpc) is 2.46. The van der Waals surface area contributed by atoms with Gasteiger partial charge in [0.2, 0.25) is 0 Å². The molecule has 0 unspecified atom stereocenters. The van der Waals surface area contributed by atoms with Gasteiger partial charge >= 0.3 is 0 Å². The summed E-state index contributed by atoms with van der Waals surface area (Å²) in [6, 6.07) is 8.04. The molecule has 0 radical (unpaired) electrons. The molecular formula is C18H25N3S. The smallest absolute Gasteiger partial charge is 0.191 e. The van der Waals surface area contributed by atoms with E-state index in [1.54, 1.807) is 6.21 Å². The van der Waals surface area contributed by atoms with Gasteiger partial charge in [-0.2, -0.15) is 5.10 Å². The number of hydrogen-bond acceptors (Lipinski definition) is 2. The molecule has 0 heterocycles. The molecule has 0 fully saturated rings. The first-order valence-corrected chi connectivity index (χ1v) is 7.84. The molecule has 1 aromatic rings. The number of aryl methyl sites for hydroxylation is 1. The standard InChI is InChI=1S/C18H25N3S/c1-14(2)6-5-7-15(3)12-13-19-21-18(22)20-17-10-8-16(4)9-11-17/h6,8-13H,5,7H2,1-4H3,(H2,20,21,22)/b15-12-,19-13+. The second-order valence-corrected chi connectivity index (χ2v) is 5.95. The Kier molecular flexibility index (Phi) is 8.15. The Labute approximate surface area is 139 Å². The molecule has 22 heavy (non-hydrogen) atoms. The van der Waals surface area contributed by atoms with Crippen molar-refractivity contribution in [1.82, 2.24) is 5.43 Å². The maximum absolute atomic E-state index is 5.18. The number of benzene rings is 1. The number of nitrogens with zero attached hydrogens (tertiary/aromatic N) is 1. The van der Waals surface area contributed by atoms with Crippen LogP contribution in [0, 0.1) is 6.92 Å². The predicted molar refractivity (Wildman–Crippen MR) is 101 cm³/mol. The molecule has 0 saturated heterocycles. The van der Waals surface area contributed by atoms with E-state index in [0.29, 0.717) is 5.11 Å². The fraction of sp³-hybridized carbons (Fsp3) is 0.333. The van der Waals surface area contributed by atoms with Gasteiger partial charge in [-0.15, -0.1) is 0 Å². The van der Waals surface area contributed by atoms with Gasteiger partial charge in [-0.3, -0.25) is 5.43 Å². The van der Waals surface area contributed by atoms with E-state index >= 15 is 0 Å². The SMILES string of the molecule is CC(C)=CCC/C(C)=C\C=N\NC(=S)Nc1ccc(C)cc1. The molecule has 3 nitrogen and oxygen atoms in total. The van der Waals surface area contributed by atoms with Crippen molar-refractivity contribution >= 4 is 29.2 Å². The monoisotopic (exact) mass is 315 g/mol. The van der Waals surface area contributed by atoms with Gasteiger partial charge in [0.05, 0.1) is 0 Å². The lowest BCUT2D eigenvalue weighted by Gasteiger charge is -2.06. The number of thiocarbonyl (C=S) groups is 1. The average molecular weight is 315 g/mol. The minimum atomic E-state index is 0.482. The third-order valence-electron chi connectivity index (χ3n) is 3.00. The van der Waals surface area contributed by atoms with E-state index in [-0.39, 0.29) is 0 Å². The predicted octanol–water partition coefficient (Wildman–Crippen LogP) is 4.96. The molecule has 0 bridgehead atoms. The van der Waals surface area contributed by atoms with Crippen LogP contribution in [0.1, 0.15) is 39.2 Å². The van der Waals surface area contributed by atoms with Crippen LogP contribution in [-0.4, -0.2) is 11.3 Å². The van der Waals surface area contributed by atoms with Gasteiger partial charge in [-0.25, -0.2) is 0 Å². The minimum Gasteiger partial charge on any atom is -0.331 e. The first-order valence-electron chi connectivity index (χ1n) is 7.43. The van der Waals surface area contributed by atoms with Crippen LogP contribution in [0.15, 0.2) is 52.7 Å². The van der Waals surface area contributed by atoms with Crippen LogP contribution in [0.25, 0.3) is 0 Å². The van der Waals surface area contributed by atoms with Crippen LogP contribution < -0.4 is 10.7 Å². The van der Waals surface area contributed by atoms with Crippen LogP contribution in [0.5, 0.6) is 0 Å². The van der Waals surface area contributed by atoms with Crippen molar-refractivity contribution < 1.29 is 0 Å². The van der Waals surface area contributed by atoms with Gasteiger partial charge in [0.15, 0.2) is 5.11 Å². The van der Waals surface area contributed by atoms with Gasteiger partial charge < -0.3 is 5.32 Å². The maximum Gasteiger partial charge on any atom is 0.191 e. The van der Waals surface area contributed by atoms with Crippen molar-refractivity contribution in [3.05, 3.63) is 53.1 Å². The van der Waals surface area contributed by atoms with E-state index in [0.717, 1.165) is 18.5 Å². The lowest BCUT2D eigenvalue weighted by molar-refractivity contribution is 0.968. The van der Waals surface area contributed by atoms with Crippen molar-refractivity contribution in [3.8, 4) is 0 Å². The number of hydrogen-bond donors (Lipinski definition) is 2. The second kappa shape index (κ2) is 9.90. The number of rotatable bonds is 6. The summed E-state index contributed by atoms with van der Waals surface area (Å²) in [5.74, 6) is 0. The topological polar surface area (TPSA) is 36.4 Å². The van der Waals surface area contributed by atoms with Crippen LogP contribution in [0.3, 0.4) is 0 Å². The van der Waals surface area contributed by atoms with E-state index in [4.69, 9.17) is 12.2 Å². The van der Waals surface area contributed by atoms with Crippen molar-refractivity contribution in [1.29, 1.82) is 0 Å². The number of anilines is 1. The van der Waals surface area contributed by atoms with Gasteiger partial charge in [0.25, 0.3) is 0 Å². The lowest BCUT2D eigenvalue weighted by Crippen LogP contribution is -2.23. The first-order chi connectivity index (χ1) is 10.5. The summed E-state index contributed by atoms with van der Waals surface area (Å²) in [6.07, 6.45) is 8.09. The summed E-state index contributed by atoms with van der Waals surface area (Å²) in [5.41, 5.74) is 7.63.